The van der Waals surface area contributed by atoms with Crippen molar-refractivity contribution in [3.63, 3.8) is 0 Å². The first-order chi connectivity index (χ1) is 8.29. The molecule has 1 aliphatic rings. The van der Waals surface area contributed by atoms with Gasteiger partial charge in [-0.05, 0) is 42.2 Å². The molecule has 1 saturated carbocycles. The lowest BCUT2D eigenvalue weighted by Gasteiger charge is -2.17. The molecule has 1 aromatic rings. The SMILES string of the molecule is NCC(SCC1CCCC1)c1ccc(Cl)cc1. The van der Waals surface area contributed by atoms with Gasteiger partial charge in [0, 0.05) is 16.8 Å². The van der Waals surface area contributed by atoms with Crippen LogP contribution in [0.25, 0.3) is 0 Å². The number of hydrogen-bond acceptors (Lipinski definition) is 2. The van der Waals surface area contributed by atoms with Crippen molar-refractivity contribution in [2.75, 3.05) is 12.3 Å². The van der Waals surface area contributed by atoms with Crippen molar-refractivity contribution in [3.05, 3.63) is 34.9 Å². The Kier molecular flexibility index (Phi) is 5.20. The molecule has 1 aromatic carbocycles. The van der Waals surface area contributed by atoms with Crippen molar-refractivity contribution in [1.82, 2.24) is 0 Å². The van der Waals surface area contributed by atoms with Crippen LogP contribution in [0.4, 0.5) is 0 Å². The average molecular weight is 270 g/mol. The van der Waals surface area contributed by atoms with Gasteiger partial charge in [0.2, 0.25) is 0 Å². The fraction of sp³-hybridized carbons (Fsp3) is 0.571. The maximum Gasteiger partial charge on any atom is 0.0419 e. The van der Waals surface area contributed by atoms with Gasteiger partial charge in [-0.25, -0.2) is 0 Å². The normalized spacial score (nSPS) is 18.5. The molecule has 1 atom stereocenters. The van der Waals surface area contributed by atoms with Crippen molar-refractivity contribution in [1.29, 1.82) is 0 Å². The molecule has 1 aliphatic carbocycles. The molecule has 94 valence electrons. The van der Waals surface area contributed by atoms with Gasteiger partial charge in [0.05, 0.1) is 0 Å². The summed E-state index contributed by atoms with van der Waals surface area (Å²) in [6.07, 6.45) is 5.65. The minimum Gasteiger partial charge on any atom is -0.329 e. The first-order valence-electron chi connectivity index (χ1n) is 6.36. The van der Waals surface area contributed by atoms with E-state index in [1.807, 2.05) is 23.9 Å². The summed E-state index contributed by atoms with van der Waals surface area (Å²) in [5, 5.41) is 1.22. The molecule has 2 rings (SSSR count). The Morgan fingerprint density at radius 1 is 1.24 bits per heavy atom. The molecule has 1 nitrogen and oxygen atoms in total. The Labute approximate surface area is 113 Å². The highest BCUT2D eigenvalue weighted by Crippen LogP contribution is 2.34. The van der Waals surface area contributed by atoms with E-state index in [0.717, 1.165) is 10.9 Å². The van der Waals surface area contributed by atoms with Gasteiger partial charge in [-0.2, -0.15) is 11.8 Å². The van der Waals surface area contributed by atoms with E-state index in [-0.39, 0.29) is 0 Å². The van der Waals surface area contributed by atoms with Crippen LogP contribution in [0.1, 0.15) is 36.5 Å². The van der Waals surface area contributed by atoms with Crippen molar-refractivity contribution in [3.8, 4) is 0 Å². The second kappa shape index (κ2) is 6.67. The monoisotopic (exact) mass is 269 g/mol. The third-order valence-electron chi connectivity index (χ3n) is 3.46. The summed E-state index contributed by atoms with van der Waals surface area (Å²) in [5.41, 5.74) is 7.18. The number of hydrogen-bond donors (Lipinski definition) is 1. The Balaban J connectivity index is 1.89. The standard InChI is InChI=1S/C14H20ClNS/c15-13-7-5-12(6-8-13)14(9-16)17-10-11-3-1-2-4-11/h5-8,11,14H,1-4,9-10,16H2. The predicted molar refractivity (Wildman–Crippen MR) is 77.7 cm³/mol. The largest absolute Gasteiger partial charge is 0.329 e. The van der Waals surface area contributed by atoms with Crippen LogP contribution in [0, 0.1) is 5.92 Å². The summed E-state index contributed by atoms with van der Waals surface area (Å²) in [4.78, 5) is 0. The van der Waals surface area contributed by atoms with Gasteiger partial charge in [0.1, 0.15) is 0 Å². The molecule has 2 N–H and O–H groups in total. The highest BCUT2D eigenvalue weighted by Gasteiger charge is 2.18. The summed E-state index contributed by atoms with van der Waals surface area (Å²) < 4.78 is 0. The highest BCUT2D eigenvalue weighted by atomic mass is 35.5. The summed E-state index contributed by atoms with van der Waals surface area (Å²) in [6, 6.07) is 8.11. The first kappa shape index (κ1) is 13.3. The van der Waals surface area contributed by atoms with Crippen molar-refractivity contribution < 1.29 is 0 Å². The predicted octanol–water partition coefficient (Wildman–Crippen LogP) is 4.26. The number of rotatable bonds is 5. The maximum absolute atomic E-state index is 5.90. The summed E-state index contributed by atoms with van der Waals surface area (Å²) in [5.74, 6) is 2.17. The molecule has 1 fully saturated rings. The van der Waals surface area contributed by atoms with Crippen LogP contribution in [-0.2, 0) is 0 Å². The van der Waals surface area contributed by atoms with Gasteiger partial charge in [0.15, 0.2) is 0 Å². The molecule has 17 heavy (non-hydrogen) atoms. The molecule has 0 aliphatic heterocycles. The van der Waals surface area contributed by atoms with Crippen molar-refractivity contribution >= 4 is 23.4 Å². The quantitative estimate of drug-likeness (QED) is 0.864. The lowest BCUT2D eigenvalue weighted by molar-refractivity contribution is 0.621. The zero-order valence-corrected chi connectivity index (χ0v) is 11.6. The highest BCUT2D eigenvalue weighted by molar-refractivity contribution is 7.99. The average Bonchev–Trinajstić information content (AvgIpc) is 2.85. The van der Waals surface area contributed by atoms with Gasteiger partial charge in [-0.1, -0.05) is 36.6 Å². The third kappa shape index (κ3) is 3.90. The van der Waals surface area contributed by atoms with Gasteiger partial charge in [-0.3, -0.25) is 0 Å². The fourth-order valence-electron chi connectivity index (χ4n) is 2.41. The number of halogens is 1. The Hall–Kier alpha value is -0.180. The van der Waals surface area contributed by atoms with Crippen molar-refractivity contribution in [2.24, 2.45) is 11.7 Å². The molecule has 0 heterocycles. The zero-order chi connectivity index (χ0) is 12.1. The number of nitrogens with two attached hydrogens (primary N) is 1. The van der Waals surface area contributed by atoms with E-state index in [9.17, 15) is 0 Å². The topological polar surface area (TPSA) is 26.0 Å². The van der Waals surface area contributed by atoms with E-state index in [1.165, 1.54) is 37.0 Å². The molecule has 1 unspecified atom stereocenters. The first-order valence-corrected chi connectivity index (χ1v) is 7.79. The van der Waals surface area contributed by atoms with E-state index < -0.39 is 0 Å². The molecule has 0 radical (unpaired) electrons. The van der Waals surface area contributed by atoms with E-state index >= 15 is 0 Å². The van der Waals surface area contributed by atoms with E-state index in [2.05, 4.69) is 12.1 Å². The molecule has 3 heteroatoms. The van der Waals surface area contributed by atoms with Gasteiger partial charge < -0.3 is 5.73 Å². The molecule has 0 amide bonds. The van der Waals surface area contributed by atoms with Gasteiger partial charge in [-0.15, -0.1) is 0 Å². The van der Waals surface area contributed by atoms with Crippen LogP contribution < -0.4 is 5.73 Å². The van der Waals surface area contributed by atoms with E-state index in [4.69, 9.17) is 17.3 Å². The van der Waals surface area contributed by atoms with Gasteiger partial charge >= 0.3 is 0 Å². The summed E-state index contributed by atoms with van der Waals surface area (Å²) >= 11 is 7.91. The Bertz CT molecular complexity index is 333. The van der Waals surface area contributed by atoms with E-state index in [0.29, 0.717) is 11.8 Å². The molecular weight excluding hydrogens is 250 g/mol. The van der Waals surface area contributed by atoms with Crippen LogP contribution in [-0.4, -0.2) is 12.3 Å². The third-order valence-corrected chi connectivity index (χ3v) is 5.25. The van der Waals surface area contributed by atoms with E-state index in [1.54, 1.807) is 0 Å². The lowest BCUT2D eigenvalue weighted by Crippen LogP contribution is -2.11. The van der Waals surface area contributed by atoms with Crippen LogP contribution in [0.3, 0.4) is 0 Å². The van der Waals surface area contributed by atoms with Gasteiger partial charge in [0.25, 0.3) is 0 Å². The molecule has 0 spiro atoms. The van der Waals surface area contributed by atoms with Crippen LogP contribution in [0.15, 0.2) is 24.3 Å². The van der Waals surface area contributed by atoms with Crippen LogP contribution in [0.5, 0.6) is 0 Å². The van der Waals surface area contributed by atoms with Crippen LogP contribution >= 0.6 is 23.4 Å². The lowest BCUT2D eigenvalue weighted by atomic mass is 10.1. The molecule has 0 bridgehead atoms. The smallest absolute Gasteiger partial charge is 0.0419 e. The second-order valence-electron chi connectivity index (χ2n) is 4.76. The van der Waals surface area contributed by atoms with Crippen molar-refractivity contribution in [2.45, 2.75) is 30.9 Å². The Morgan fingerprint density at radius 2 is 1.88 bits per heavy atom. The molecule has 0 aromatic heterocycles. The summed E-state index contributed by atoms with van der Waals surface area (Å²) in [6.45, 7) is 0.707. The number of thioether (sulfide) groups is 1. The Morgan fingerprint density at radius 3 is 2.47 bits per heavy atom. The van der Waals surface area contributed by atoms with Crippen LogP contribution in [0.2, 0.25) is 5.02 Å². The fourth-order valence-corrected chi connectivity index (χ4v) is 3.86. The summed E-state index contributed by atoms with van der Waals surface area (Å²) in [7, 11) is 0. The molecular formula is C14H20ClNS. The minimum atomic E-state index is 0.424. The molecule has 0 saturated heterocycles. The zero-order valence-electron chi connectivity index (χ0n) is 10.1. The second-order valence-corrected chi connectivity index (χ2v) is 6.43. The maximum atomic E-state index is 5.90. The number of benzene rings is 1. The minimum absolute atomic E-state index is 0.424.